The van der Waals surface area contributed by atoms with Crippen LogP contribution < -0.4 is 5.32 Å². The van der Waals surface area contributed by atoms with E-state index in [0.717, 1.165) is 5.69 Å². The number of hydrogen-bond acceptors (Lipinski definition) is 3. The Balaban J connectivity index is 1.87. The number of morpholine rings is 1. The molecule has 20 heavy (non-hydrogen) atoms. The molecule has 6 heteroatoms. The number of aromatic nitrogens is 1. The standard InChI is InChI=1S/C14H21N3O3/c1-10-13(4-5-16(10)3)14(19)15-8-12-9-17(11(2)18)6-7-20-12/h4-5,12H,6-9H2,1-3H3,(H,15,19)/t12-/m1/s1. The molecular weight excluding hydrogens is 258 g/mol. The van der Waals surface area contributed by atoms with E-state index in [2.05, 4.69) is 5.32 Å². The molecule has 0 aromatic carbocycles. The van der Waals surface area contributed by atoms with Crippen molar-refractivity contribution in [1.29, 1.82) is 0 Å². The van der Waals surface area contributed by atoms with Crippen LogP contribution >= 0.6 is 0 Å². The lowest BCUT2D eigenvalue weighted by Gasteiger charge is -2.32. The Morgan fingerprint density at radius 1 is 1.50 bits per heavy atom. The number of ether oxygens (including phenoxy) is 1. The zero-order chi connectivity index (χ0) is 14.7. The van der Waals surface area contributed by atoms with Gasteiger partial charge >= 0.3 is 0 Å². The maximum Gasteiger partial charge on any atom is 0.253 e. The quantitative estimate of drug-likeness (QED) is 0.866. The molecule has 1 N–H and O–H groups in total. The molecule has 1 atom stereocenters. The fraction of sp³-hybridized carbons (Fsp3) is 0.571. The zero-order valence-electron chi connectivity index (χ0n) is 12.2. The number of carbonyl (C=O) groups is 2. The van der Waals surface area contributed by atoms with E-state index >= 15 is 0 Å². The number of carbonyl (C=O) groups excluding carboxylic acids is 2. The predicted molar refractivity (Wildman–Crippen MR) is 74.5 cm³/mol. The van der Waals surface area contributed by atoms with Gasteiger partial charge in [0.15, 0.2) is 0 Å². The molecule has 0 spiro atoms. The summed E-state index contributed by atoms with van der Waals surface area (Å²) in [6, 6.07) is 1.80. The Morgan fingerprint density at radius 3 is 2.85 bits per heavy atom. The van der Waals surface area contributed by atoms with Gasteiger partial charge in [-0.15, -0.1) is 0 Å². The van der Waals surface area contributed by atoms with Crippen molar-refractivity contribution < 1.29 is 14.3 Å². The molecule has 0 unspecified atom stereocenters. The lowest BCUT2D eigenvalue weighted by molar-refractivity contribution is -0.136. The van der Waals surface area contributed by atoms with E-state index in [9.17, 15) is 9.59 Å². The minimum atomic E-state index is -0.138. The lowest BCUT2D eigenvalue weighted by atomic mass is 10.2. The second-order valence-corrected chi connectivity index (χ2v) is 5.09. The zero-order valence-corrected chi connectivity index (χ0v) is 12.2. The molecule has 0 radical (unpaired) electrons. The van der Waals surface area contributed by atoms with Crippen LogP contribution in [-0.2, 0) is 16.6 Å². The first-order chi connectivity index (χ1) is 9.49. The number of rotatable bonds is 3. The van der Waals surface area contributed by atoms with E-state index in [0.29, 0.717) is 31.8 Å². The van der Waals surface area contributed by atoms with Crippen LogP contribution in [0.25, 0.3) is 0 Å². The van der Waals surface area contributed by atoms with E-state index in [1.54, 1.807) is 17.9 Å². The van der Waals surface area contributed by atoms with Gasteiger partial charge in [0.05, 0.1) is 18.3 Å². The molecule has 1 fully saturated rings. The highest BCUT2D eigenvalue weighted by Crippen LogP contribution is 2.09. The van der Waals surface area contributed by atoms with Crippen LogP contribution in [0, 0.1) is 6.92 Å². The van der Waals surface area contributed by atoms with Gasteiger partial charge in [0.1, 0.15) is 0 Å². The fourth-order valence-electron chi connectivity index (χ4n) is 2.28. The van der Waals surface area contributed by atoms with E-state index in [1.165, 1.54) is 0 Å². The molecule has 0 saturated carbocycles. The Kier molecular flexibility index (Phi) is 4.44. The van der Waals surface area contributed by atoms with Crippen molar-refractivity contribution in [3.63, 3.8) is 0 Å². The molecule has 2 heterocycles. The van der Waals surface area contributed by atoms with Crippen molar-refractivity contribution in [3.8, 4) is 0 Å². The number of amides is 2. The summed E-state index contributed by atoms with van der Waals surface area (Å²) < 4.78 is 7.47. The molecule has 0 bridgehead atoms. The van der Waals surface area contributed by atoms with Crippen LogP contribution in [0.2, 0.25) is 0 Å². The summed E-state index contributed by atoms with van der Waals surface area (Å²) in [5.41, 5.74) is 1.60. The van der Waals surface area contributed by atoms with E-state index in [4.69, 9.17) is 4.74 Å². The van der Waals surface area contributed by atoms with Gasteiger partial charge in [0.25, 0.3) is 5.91 Å². The summed E-state index contributed by atoms with van der Waals surface area (Å²) in [6.07, 6.45) is 1.72. The van der Waals surface area contributed by atoms with Crippen LogP contribution in [-0.4, -0.2) is 53.6 Å². The molecule has 1 aliphatic rings. The first-order valence-corrected chi connectivity index (χ1v) is 6.76. The van der Waals surface area contributed by atoms with Crippen LogP contribution in [0.3, 0.4) is 0 Å². The van der Waals surface area contributed by atoms with Crippen molar-refractivity contribution in [2.24, 2.45) is 7.05 Å². The maximum atomic E-state index is 12.1. The SMILES string of the molecule is CC(=O)N1CCO[C@H](CNC(=O)c2ccn(C)c2C)C1. The molecular formula is C14H21N3O3. The molecule has 1 aromatic heterocycles. The van der Waals surface area contributed by atoms with Crippen molar-refractivity contribution in [2.75, 3.05) is 26.2 Å². The molecule has 1 saturated heterocycles. The van der Waals surface area contributed by atoms with Crippen LogP contribution in [0.4, 0.5) is 0 Å². The van der Waals surface area contributed by atoms with Crippen molar-refractivity contribution in [3.05, 3.63) is 23.5 Å². The summed E-state index contributed by atoms with van der Waals surface area (Å²) in [7, 11) is 1.90. The maximum absolute atomic E-state index is 12.1. The lowest BCUT2D eigenvalue weighted by Crippen LogP contribution is -2.49. The van der Waals surface area contributed by atoms with E-state index in [1.807, 2.05) is 24.7 Å². The van der Waals surface area contributed by atoms with Gasteiger partial charge in [-0.05, 0) is 13.0 Å². The highest BCUT2D eigenvalue weighted by Gasteiger charge is 2.23. The topological polar surface area (TPSA) is 63.6 Å². The smallest absolute Gasteiger partial charge is 0.253 e. The molecule has 0 aliphatic carbocycles. The predicted octanol–water partition coefficient (Wildman–Crippen LogP) is 0.311. The minimum Gasteiger partial charge on any atom is -0.373 e. The highest BCUT2D eigenvalue weighted by molar-refractivity contribution is 5.95. The summed E-state index contributed by atoms with van der Waals surface area (Å²) in [5.74, 6) is -0.0600. The molecule has 1 aliphatic heterocycles. The summed E-state index contributed by atoms with van der Waals surface area (Å²) in [4.78, 5) is 25.2. The van der Waals surface area contributed by atoms with Crippen LogP contribution in [0.5, 0.6) is 0 Å². The molecule has 2 rings (SSSR count). The van der Waals surface area contributed by atoms with Gasteiger partial charge in [-0.2, -0.15) is 0 Å². The molecule has 2 amide bonds. The Morgan fingerprint density at radius 2 is 2.25 bits per heavy atom. The number of aryl methyl sites for hydroxylation is 1. The van der Waals surface area contributed by atoms with Gasteiger partial charge in [0.2, 0.25) is 5.91 Å². The van der Waals surface area contributed by atoms with Crippen molar-refractivity contribution in [2.45, 2.75) is 20.0 Å². The third kappa shape index (κ3) is 3.19. The molecule has 1 aromatic rings. The monoisotopic (exact) mass is 279 g/mol. The Bertz CT molecular complexity index is 510. The fourth-order valence-corrected chi connectivity index (χ4v) is 2.28. The van der Waals surface area contributed by atoms with Crippen molar-refractivity contribution in [1.82, 2.24) is 14.8 Å². The van der Waals surface area contributed by atoms with Crippen molar-refractivity contribution >= 4 is 11.8 Å². The second-order valence-electron chi connectivity index (χ2n) is 5.09. The number of hydrogen-bond donors (Lipinski definition) is 1. The largest absolute Gasteiger partial charge is 0.373 e. The Hall–Kier alpha value is -1.82. The first-order valence-electron chi connectivity index (χ1n) is 6.76. The summed E-state index contributed by atoms with van der Waals surface area (Å²) in [6.45, 7) is 5.54. The summed E-state index contributed by atoms with van der Waals surface area (Å²) in [5, 5.41) is 2.87. The van der Waals surface area contributed by atoms with E-state index in [-0.39, 0.29) is 17.9 Å². The average molecular weight is 279 g/mol. The van der Waals surface area contributed by atoms with Crippen LogP contribution in [0.1, 0.15) is 23.0 Å². The number of nitrogens with zero attached hydrogens (tertiary/aromatic N) is 2. The van der Waals surface area contributed by atoms with E-state index < -0.39 is 0 Å². The average Bonchev–Trinajstić information content (AvgIpc) is 2.77. The number of nitrogens with one attached hydrogen (secondary N) is 1. The minimum absolute atomic E-state index is 0.0449. The van der Waals surface area contributed by atoms with Gasteiger partial charge in [0, 0.05) is 45.5 Å². The van der Waals surface area contributed by atoms with Gasteiger partial charge in [-0.25, -0.2) is 0 Å². The van der Waals surface area contributed by atoms with Gasteiger partial charge in [-0.1, -0.05) is 0 Å². The Labute approximate surface area is 118 Å². The van der Waals surface area contributed by atoms with Gasteiger partial charge in [-0.3, -0.25) is 9.59 Å². The van der Waals surface area contributed by atoms with Crippen LogP contribution in [0.15, 0.2) is 12.3 Å². The highest BCUT2D eigenvalue weighted by atomic mass is 16.5. The third-order valence-corrected chi connectivity index (χ3v) is 3.70. The molecule has 110 valence electrons. The third-order valence-electron chi connectivity index (χ3n) is 3.70. The second kappa shape index (κ2) is 6.09. The molecule has 6 nitrogen and oxygen atoms in total. The van der Waals surface area contributed by atoms with Gasteiger partial charge < -0.3 is 19.5 Å². The normalized spacial score (nSPS) is 18.9. The summed E-state index contributed by atoms with van der Waals surface area (Å²) >= 11 is 0. The first kappa shape index (κ1) is 14.6.